The maximum atomic E-state index is 5.46. The second kappa shape index (κ2) is 5.58. The minimum Gasteiger partial charge on any atom is -0.493 e. The molecular weight excluding hydrogens is 314 g/mol. The van der Waals surface area contributed by atoms with Crippen LogP contribution in [0, 0.1) is 6.92 Å². The zero-order valence-electron chi connectivity index (χ0n) is 10.9. The summed E-state index contributed by atoms with van der Waals surface area (Å²) in [6.07, 6.45) is 0. The number of nitrogens with zero attached hydrogens (tertiary/aromatic N) is 2. The Morgan fingerprint density at radius 2 is 2.00 bits per heavy atom. The predicted octanol–water partition coefficient (Wildman–Crippen LogP) is 2.28. The zero-order chi connectivity index (χ0) is 14.0. The van der Waals surface area contributed by atoms with Crippen LogP contribution in [0.3, 0.4) is 0 Å². The van der Waals surface area contributed by atoms with Crippen molar-refractivity contribution in [3.63, 3.8) is 0 Å². The van der Waals surface area contributed by atoms with Crippen LogP contribution in [0.15, 0.2) is 15.1 Å². The van der Waals surface area contributed by atoms with Crippen LogP contribution in [0.5, 0.6) is 11.5 Å². The molecule has 102 valence electrons. The average molecular weight is 328 g/mol. The van der Waals surface area contributed by atoms with Gasteiger partial charge in [-0.15, -0.1) is 0 Å². The summed E-state index contributed by atoms with van der Waals surface area (Å²) in [6.45, 7) is 2.11. The molecule has 19 heavy (non-hydrogen) atoms. The molecule has 0 saturated heterocycles. The smallest absolute Gasteiger partial charge is 0.240 e. The van der Waals surface area contributed by atoms with Gasteiger partial charge in [-0.1, -0.05) is 5.16 Å². The van der Waals surface area contributed by atoms with Gasteiger partial charge in [-0.2, -0.15) is 4.98 Å². The third-order valence-corrected chi connectivity index (χ3v) is 3.32. The molecule has 0 bridgehead atoms. The van der Waals surface area contributed by atoms with Crippen molar-refractivity contribution >= 4 is 15.9 Å². The molecule has 1 heterocycles. The lowest BCUT2D eigenvalue weighted by Gasteiger charge is -2.14. The lowest BCUT2D eigenvalue weighted by atomic mass is 10.1. The van der Waals surface area contributed by atoms with E-state index in [9.17, 15) is 0 Å². The number of hydrogen-bond donors (Lipinski definition) is 1. The van der Waals surface area contributed by atoms with E-state index in [2.05, 4.69) is 26.1 Å². The molecule has 0 aliphatic carbocycles. The van der Waals surface area contributed by atoms with E-state index in [1.807, 2.05) is 13.0 Å². The third kappa shape index (κ3) is 2.43. The molecule has 7 heteroatoms. The summed E-state index contributed by atoms with van der Waals surface area (Å²) in [5.74, 6) is 2.12. The van der Waals surface area contributed by atoms with E-state index in [4.69, 9.17) is 19.7 Å². The fourth-order valence-electron chi connectivity index (χ4n) is 1.82. The Kier molecular flexibility index (Phi) is 4.06. The second-order valence-corrected chi connectivity index (χ2v) is 4.67. The van der Waals surface area contributed by atoms with Crippen LogP contribution in [0.2, 0.25) is 0 Å². The molecule has 0 amide bonds. The number of rotatable bonds is 4. The van der Waals surface area contributed by atoms with Crippen molar-refractivity contribution in [2.75, 3.05) is 14.2 Å². The maximum absolute atomic E-state index is 5.46. The molecule has 2 rings (SSSR count). The van der Waals surface area contributed by atoms with E-state index < -0.39 is 0 Å². The lowest BCUT2D eigenvalue weighted by molar-refractivity contribution is 0.351. The van der Waals surface area contributed by atoms with Gasteiger partial charge in [0.15, 0.2) is 11.5 Å². The van der Waals surface area contributed by atoms with E-state index in [-0.39, 0.29) is 6.54 Å². The highest BCUT2D eigenvalue weighted by atomic mass is 79.9. The number of hydrogen-bond acceptors (Lipinski definition) is 6. The summed E-state index contributed by atoms with van der Waals surface area (Å²) < 4.78 is 16.5. The molecule has 2 N–H and O–H groups in total. The summed E-state index contributed by atoms with van der Waals surface area (Å²) in [7, 11) is 3.17. The van der Waals surface area contributed by atoms with E-state index in [1.54, 1.807) is 14.2 Å². The van der Waals surface area contributed by atoms with Crippen molar-refractivity contribution in [1.29, 1.82) is 0 Å². The van der Waals surface area contributed by atoms with Crippen molar-refractivity contribution in [2.24, 2.45) is 5.73 Å². The van der Waals surface area contributed by atoms with Gasteiger partial charge < -0.3 is 19.7 Å². The van der Waals surface area contributed by atoms with E-state index >= 15 is 0 Å². The van der Waals surface area contributed by atoms with Gasteiger partial charge in [-0.3, -0.25) is 0 Å². The van der Waals surface area contributed by atoms with Crippen LogP contribution in [-0.4, -0.2) is 24.4 Å². The first-order valence-corrected chi connectivity index (χ1v) is 6.35. The van der Waals surface area contributed by atoms with Gasteiger partial charge in [0.05, 0.1) is 25.2 Å². The number of nitrogens with two attached hydrogens (primary N) is 1. The molecular formula is C12H14BrN3O3. The van der Waals surface area contributed by atoms with Crippen LogP contribution >= 0.6 is 15.9 Å². The fraction of sp³-hybridized carbons (Fsp3) is 0.333. The van der Waals surface area contributed by atoms with E-state index in [0.717, 1.165) is 15.6 Å². The highest BCUT2D eigenvalue weighted by molar-refractivity contribution is 9.10. The van der Waals surface area contributed by atoms with E-state index in [0.29, 0.717) is 23.2 Å². The Morgan fingerprint density at radius 3 is 2.53 bits per heavy atom. The molecule has 2 aromatic rings. The van der Waals surface area contributed by atoms with Crippen molar-refractivity contribution < 1.29 is 14.0 Å². The molecule has 0 saturated carbocycles. The van der Waals surface area contributed by atoms with Gasteiger partial charge in [-0.05, 0) is 28.9 Å². The third-order valence-electron chi connectivity index (χ3n) is 2.73. The average Bonchev–Trinajstić information content (AvgIpc) is 2.89. The number of halogens is 1. The first-order valence-electron chi connectivity index (χ1n) is 5.56. The van der Waals surface area contributed by atoms with Crippen LogP contribution < -0.4 is 15.2 Å². The van der Waals surface area contributed by atoms with Crippen LogP contribution in [0.25, 0.3) is 11.4 Å². The Labute approximate surface area is 119 Å². The van der Waals surface area contributed by atoms with Crippen LogP contribution in [-0.2, 0) is 6.54 Å². The summed E-state index contributed by atoms with van der Waals surface area (Å²) in [4.78, 5) is 4.21. The summed E-state index contributed by atoms with van der Waals surface area (Å²) in [5.41, 5.74) is 7.13. The topological polar surface area (TPSA) is 83.4 Å². The minimum absolute atomic E-state index is 0.209. The van der Waals surface area contributed by atoms with Crippen LogP contribution in [0.1, 0.15) is 11.5 Å². The summed E-state index contributed by atoms with van der Waals surface area (Å²) >= 11 is 3.44. The normalized spacial score (nSPS) is 10.6. The van der Waals surface area contributed by atoms with E-state index in [1.165, 1.54) is 0 Å². The van der Waals surface area contributed by atoms with Gasteiger partial charge in [-0.25, -0.2) is 0 Å². The Morgan fingerprint density at radius 1 is 1.32 bits per heavy atom. The van der Waals surface area contributed by atoms with Gasteiger partial charge in [0.1, 0.15) is 0 Å². The first-order chi connectivity index (χ1) is 9.12. The highest BCUT2D eigenvalue weighted by Gasteiger charge is 2.19. The largest absolute Gasteiger partial charge is 0.493 e. The van der Waals surface area contributed by atoms with Gasteiger partial charge >= 0.3 is 0 Å². The molecule has 0 aliphatic rings. The first kappa shape index (κ1) is 13.8. The van der Waals surface area contributed by atoms with Crippen molar-refractivity contribution in [3.05, 3.63) is 22.0 Å². The van der Waals surface area contributed by atoms with Crippen LogP contribution in [0.4, 0.5) is 0 Å². The predicted molar refractivity (Wildman–Crippen MR) is 73.2 cm³/mol. The van der Waals surface area contributed by atoms with Gasteiger partial charge in [0, 0.05) is 11.1 Å². The number of methoxy groups -OCH3 is 2. The quantitative estimate of drug-likeness (QED) is 0.927. The molecule has 0 fully saturated rings. The zero-order valence-corrected chi connectivity index (χ0v) is 12.4. The standard InChI is InChI=1S/C12H14BrN3O3/c1-6-7(12-15-9(5-14)19-16-12)4-8(13)11(18-3)10(6)17-2/h4H,5,14H2,1-3H3. The molecule has 0 radical (unpaired) electrons. The van der Waals surface area contributed by atoms with Gasteiger partial charge in [0.2, 0.25) is 11.7 Å². The maximum Gasteiger partial charge on any atom is 0.240 e. The number of ether oxygens (including phenoxy) is 2. The summed E-state index contributed by atoms with van der Waals surface area (Å²) in [5, 5.41) is 3.91. The Bertz CT molecular complexity index is 598. The fourth-order valence-corrected chi connectivity index (χ4v) is 2.39. The monoisotopic (exact) mass is 327 g/mol. The van der Waals surface area contributed by atoms with Crippen molar-refractivity contribution in [2.45, 2.75) is 13.5 Å². The Balaban J connectivity index is 2.61. The minimum atomic E-state index is 0.209. The van der Waals surface area contributed by atoms with Gasteiger partial charge in [0.25, 0.3) is 0 Å². The molecule has 0 atom stereocenters. The highest BCUT2D eigenvalue weighted by Crippen LogP contribution is 2.42. The molecule has 1 aromatic carbocycles. The summed E-state index contributed by atoms with van der Waals surface area (Å²) in [6, 6.07) is 1.86. The molecule has 0 unspecified atom stereocenters. The SMILES string of the molecule is COc1c(Br)cc(-c2noc(CN)n2)c(C)c1OC. The number of benzene rings is 1. The number of aromatic nitrogens is 2. The Hall–Kier alpha value is -1.60. The molecule has 1 aromatic heterocycles. The van der Waals surface area contributed by atoms with Crippen molar-refractivity contribution in [3.8, 4) is 22.9 Å². The molecule has 6 nitrogen and oxygen atoms in total. The van der Waals surface area contributed by atoms with Crippen molar-refractivity contribution in [1.82, 2.24) is 10.1 Å². The molecule has 0 aliphatic heterocycles. The lowest BCUT2D eigenvalue weighted by Crippen LogP contribution is -1.98. The second-order valence-electron chi connectivity index (χ2n) is 3.81. The molecule has 0 spiro atoms.